The quantitative estimate of drug-likeness (QED) is 0.564. The molecular weight excluding hydrogens is 398 g/mol. The molecule has 0 unspecified atom stereocenters. The van der Waals surface area contributed by atoms with Gasteiger partial charge in [0.25, 0.3) is 0 Å². The monoisotopic (exact) mass is 431 g/mol. The number of carbonyl (C=O) groups excluding carboxylic acids is 1. The molecule has 3 rings (SSSR count). The second-order valence-corrected chi connectivity index (χ2v) is 11.0. The number of imidazole rings is 1. The molecule has 1 aliphatic rings. The van der Waals surface area contributed by atoms with Crippen molar-refractivity contribution in [3.63, 3.8) is 0 Å². The van der Waals surface area contributed by atoms with E-state index in [9.17, 15) is 13.2 Å². The van der Waals surface area contributed by atoms with E-state index in [1.807, 2.05) is 53.6 Å². The Morgan fingerprint density at radius 1 is 1.13 bits per heavy atom. The molecule has 1 aromatic carbocycles. The average molecular weight is 432 g/mol. The fourth-order valence-electron chi connectivity index (χ4n) is 3.67. The molecule has 0 saturated heterocycles. The van der Waals surface area contributed by atoms with Gasteiger partial charge in [-0.1, -0.05) is 58.0 Å². The molecule has 1 amide bonds. The number of rotatable bonds is 10. The van der Waals surface area contributed by atoms with Crippen LogP contribution in [0.5, 0.6) is 0 Å². The standard InChI is InChI=1S/C23H33N3O3S/c1-17(2)12-22(27)25(14-18(3)4)15-21-13-24-23(26(21)20-10-11-20)30(28,29)16-19-8-6-5-7-9-19/h5-9,13,17-18,20H,10-12,14-16H2,1-4H3. The molecule has 1 fully saturated rings. The highest BCUT2D eigenvalue weighted by Gasteiger charge is 2.34. The van der Waals surface area contributed by atoms with Crippen molar-refractivity contribution in [2.45, 2.75) is 70.5 Å². The van der Waals surface area contributed by atoms with E-state index in [0.717, 1.165) is 24.1 Å². The maximum absolute atomic E-state index is 13.1. The zero-order chi connectivity index (χ0) is 21.9. The van der Waals surface area contributed by atoms with E-state index in [1.54, 1.807) is 6.20 Å². The first-order valence-electron chi connectivity index (χ1n) is 10.8. The number of carbonyl (C=O) groups is 1. The summed E-state index contributed by atoms with van der Waals surface area (Å²) in [6.07, 6.45) is 4.03. The van der Waals surface area contributed by atoms with Crippen LogP contribution in [0.25, 0.3) is 0 Å². The van der Waals surface area contributed by atoms with Crippen molar-refractivity contribution in [3.05, 3.63) is 47.8 Å². The summed E-state index contributed by atoms with van der Waals surface area (Å²) < 4.78 is 28.2. The largest absolute Gasteiger partial charge is 0.337 e. The van der Waals surface area contributed by atoms with E-state index in [2.05, 4.69) is 18.8 Å². The Morgan fingerprint density at radius 2 is 1.80 bits per heavy atom. The summed E-state index contributed by atoms with van der Waals surface area (Å²) in [6, 6.07) is 9.35. The lowest BCUT2D eigenvalue weighted by atomic mass is 10.1. The van der Waals surface area contributed by atoms with Crippen LogP contribution in [0.3, 0.4) is 0 Å². The molecule has 1 aromatic heterocycles. The van der Waals surface area contributed by atoms with Gasteiger partial charge in [-0.05, 0) is 30.2 Å². The first-order valence-corrected chi connectivity index (χ1v) is 12.4. The van der Waals surface area contributed by atoms with Crippen molar-refractivity contribution in [1.82, 2.24) is 14.5 Å². The zero-order valence-electron chi connectivity index (χ0n) is 18.4. The molecule has 0 spiro atoms. The normalized spacial score (nSPS) is 14.5. The van der Waals surface area contributed by atoms with Crippen molar-refractivity contribution in [2.75, 3.05) is 6.54 Å². The molecular formula is C23H33N3O3S. The van der Waals surface area contributed by atoms with E-state index in [0.29, 0.717) is 25.4 Å². The number of nitrogens with zero attached hydrogens (tertiary/aromatic N) is 3. The van der Waals surface area contributed by atoms with Gasteiger partial charge in [0.15, 0.2) is 0 Å². The topological polar surface area (TPSA) is 72.3 Å². The molecule has 0 bridgehead atoms. The summed E-state index contributed by atoms with van der Waals surface area (Å²) >= 11 is 0. The number of amides is 1. The van der Waals surface area contributed by atoms with E-state index in [1.165, 1.54) is 0 Å². The molecule has 30 heavy (non-hydrogen) atoms. The van der Waals surface area contributed by atoms with Gasteiger partial charge in [0, 0.05) is 19.0 Å². The molecule has 2 aromatic rings. The van der Waals surface area contributed by atoms with Crippen LogP contribution in [-0.4, -0.2) is 35.3 Å². The molecule has 0 aliphatic heterocycles. The molecule has 164 valence electrons. The number of sulfone groups is 1. The molecule has 1 heterocycles. The Bertz CT molecular complexity index is 961. The van der Waals surface area contributed by atoms with Crippen LogP contribution in [0.2, 0.25) is 0 Å². The van der Waals surface area contributed by atoms with E-state index >= 15 is 0 Å². The van der Waals surface area contributed by atoms with Crippen molar-refractivity contribution >= 4 is 15.7 Å². The Hall–Kier alpha value is -2.15. The van der Waals surface area contributed by atoms with Crippen LogP contribution in [0.4, 0.5) is 0 Å². The minimum Gasteiger partial charge on any atom is -0.337 e. The van der Waals surface area contributed by atoms with Crippen LogP contribution in [-0.2, 0) is 26.9 Å². The first-order chi connectivity index (χ1) is 14.2. The predicted molar refractivity (Wildman–Crippen MR) is 118 cm³/mol. The van der Waals surface area contributed by atoms with E-state index in [-0.39, 0.29) is 28.8 Å². The van der Waals surface area contributed by atoms with Gasteiger partial charge >= 0.3 is 0 Å². The molecule has 7 heteroatoms. The van der Waals surface area contributed by atoms with Crippen molar-refractivity contribution in [1.29, 1.82) is 0 Å². The Balaban J connectivity index is 1.89. The van der Waals surface area contributed by atoms with Gasteiger partial charge in [0.2, 0.25) is 20.9 Å². The predicted octanol–water partition coefficient (Wildman–Crippen LogP) is 4.22. The average Bonchev–Trinajstić information content (AvgIpc) is 3.40. The van der Waals surface area contributed by atoms with Gasteiger partial charge in [-0.3, -0.25) is 4.79 Å². The van der Waals surface area contributed by atoms with Crippen molar-refractivity contribution in [2.24, 2.45) is 11.8 Å². The SMILES string of the molecule is CC(C)CC(=O)N(Cc1cnc(S(=O)(=O)Cc2ccccc2)n1C1CC1)CC(C)C. The summed E-state index contributed by atoms with van der Waals surface area (Å²) in [4.78, 5) is 19.0. The molecule has 1 aliphatic carbocycles. The Morgan fingerprint density at radius 3 is 2.37 bits per heavy atom. The lowest BCUT2D eigenvalue weighted by Gasteiger charge is -2.26. The fraction of sp³-hybridized carbons (Fsp3) is 0.565. The van der Waals surface area contributed by atoms with E-state index in [4.69, 9.17) is 0 Å². The maximum Gasteiger partial charge on any atom is 0.228 e. The molecule has 0 atom stereocenters. The molecule has 0 N–H and O–H groups in total. The fourth-order valence-corrected chi connectivity index (χ4v) is 5.21. The van der Waals surface area contributed by atoms with Crippen LogP contribution < -0.4 is 0 Å². The highest BCUT2D eigenvalue weighted by Crippen LogP contribution is 2.39. The Labute approximate surface area is 180 Å². The number of hydrogen-bond donors (Lipinski definition) is 0. The second-order valence-electron chi connectivity index (χ2n) is 9.14. The van der Waals surface area contributed by atoms with Gasteiger partial charge in [-0.25, -0.2) is 13.4 Å². The van der Waals surface area contributed by atoms with Gasteiger partial charge < -0.3 is 9.47 Å². The summed E-state index contributed by atoms with van der Waals surface area (Å²) in [5, 5.41) is 0.129. The third-order valence-electron chi connectivity index (χ3n) is 5.10. The summed E-state index contributed by atoms with van der Waals surface area (Å²) in [6.45, 7) is 9.29. The van der Waals surface area contributed by atoms with Gasteiger partial charge in [0.05, 0.1) is 24.2 Å². The van der Waals surface area contributed by atoms with Crippen LogP contribution in [0.15, 0.2) is 41.7 Å². The molecule has 0 radical (unpaired) electrons. The minimum atomic E-state index is -3.58. The minimum absolute atomic E-state index is 0.0704. The number of hydrogen-bond acceptors (Lipinski definition) is 4. The second kappa shape index (κ2) is 9.33. The molecule has 6 nitrogen and oxygen atoms in total. The molecule has 1 saturated carbocycles. The van der Waals surface area contributed by atoms with Crippen LogP contribution in [0, 0.1) is 11.8 Å². The smallest absolute Gasteiger partial charge is 0.228 e. The summed E-state index contributed by atoms with van der Waals surface area (Å²) in [7, 11) is -3.58. The zero-order valence-corrected chi connectivity index (χ0v) is 19.2. The first kappa shape index (κ1) is 22.5. The van der Waals surface area contributed by atoms with E-state index < -0.39 is 9.84 Å². The highest BCUT2D eigenvalue weighted by atomic mass is 32.2. The third-order valence-corrected chi connectivity index (χ3v) is 6.68. The van der Waals surface area contributed by atoms with Crippen LogP contribution in [0.1, 0.15) is 64.3 Å². The van der Waals surface area contributed by atoms with Crippen molar-refractivity contribution < 1.29 is 13.2 Å². The van der Waals surface area contributed by atoms with Gasteiger partial charge in [0.1, 0.15) is 0 Å². The van der Waals surface area contributed by atoms with Gasteiger partial charge in [-0.15, -0.1) is 0 Å². The van der Waals surface area contributed by atoms with Crippen LogP contribution >= 0.6 is 0 Å². The highest BCUT2D eigenvalue weighted by molar-refractivity contribution is 7.90. The summed E-state index contributed by atoms with van der Waals surface area (Å²) in [5.74, 6) is 0.650. The number of benzene rings is 1. The Kier molecular flexibility index (Phi) is 7.01. The van der Waals surface area contributed by atoms with Crippen molar-refractivity contribution in [3.8, 4) is 0 Å². The number of aromatic nitrogens is 2. The lowest BCUT2D eigenvalue weighted by Crippen LogP contribution is -2.35. The summed E-state index contributed by atoms with van der Waals surface area (Å²) in [5.41, 5.74) is 1.56. The maximum atomic E-state index is 13.1. The lowest BCUT2D eigenvalue weighted by molar-refractivity contribution is -0.133. The van der Waals surface area contributed by atoms with Gasteiger partial charge in [-0.2, -0.15) is 0 Å². The third kappa shape index (κ3) is 5.72.